The Morgan fingerprint density at radius 2 is 1.45 bits per heavy atom. The van der Waals surface area contributed by atoms with Crippen molar-refractivity contribution in [2.45, 2.75) is 59.0 Å². The van der Waals surface area contributed by atoms with Crippen molar-refractivity contribution in [3.8, 4) is 5.75 Å². The molecule has 0 atom stereocenters. The summed E-state index contributed by atoms with van der Waals surface area (Å²) >= 11 is 0. The summed E-state index contributed by atoms with van der Waals surface area (Å²) in [5.74, 6) is 0.282. The number of rotatable bonds is 2. The minimum atomic E-state index is -1.30. The number of hydrogen-bond donors (Lipinski definition) is 2. The van der Waals surface area contributed by atoms with Crippen molar-refractivity contribution in [1.82, 2.24) is 0 Å². The maximum absolute atomic E-state index is 10.5. The van der Waals surface area contributed by atoms with Crippen LogP contribution in [0.2, 0.25) is 0 Å². The average Bonchev–Trinajstić information content (AvgIpc) is 2.24. The van der Waals surface area contributed by atoms with Crippen LogP contribution in [-0.4, -0.2) is 16.4 Å². The lowest BCUT2D eigenvalue weighted by molar-refractivity contribution is 0.0853. The Morgan fingerprint density at radius 3 is 1.75 bits per heavy atom. The average molecular weight is 280 g/mol. The van der Waals surface area contributed by atoms with Crippen LogP contribution in [0.1, 0.15) is 58.2 Å². The van der Waals surface area contributed by atoms with Crippen LogP contribution in [0.4, 0.5) is 4.79 Å². The van der Waals surface area contributed by atoms with Crippen molar-refractivity contribution in [1.29, 1.82) is 0 Å². The van der Waals surface area contributed by atoms with E-state index in [1.165, 1.54) is 0 Å². The fourth-order valence-corrected chi connectivity index (χ4v) is 2.07. The molecule has 0 saturated heterocycles. The van der Waals surface area contributed by atoms with Gasteiger partial charge < -0.3 is 14.9 Å². The van der Waals surface area contributed by atoms with Gasteiger partial charge in [0.1, 0.15) is 12.4 Å². The van der Waals surface area contributed by atoms with Crippen LogP contribution in [0, 0.1) is 0 Å². The zero-order chi connectivity index (χ0) is 15.7. The number of hydrogen-bond acceptors (Lipinski definition) is 3. The van der Waals surface area contributed by atoms with Gasteiger partial charge in [0.25, 0.3) is 0 Å². The second kappa shape index (κ2) is 5.35. The summed E-state index contributed by atoms with van der Waals surface area (Å²) in [6.07, 6.45) is -1.30. The van der Waals surface area contributed by atoms with Crippen LogP contribution in [0.25, 0.3) is 0 Å². The minimum Gasteiger partial charge on any atom is -0.507 e. The minimum absolute atomic E-state index is 0.0121. The number of phenolic OH excluding ortho intramolecular Hbond substituents is 1. The predicted octanol–water partition coefficient (Wildman–Crippen LogP) is 4.18. The molecule has 4 nitrogen and oxygen atoms in total. The summed E-state index contributed by atoms with van der Waals surface area (Å²) in [7, 11) is 0. The van der Waals surface area contributed by atoms with E-state index in [1.54, 1.807) is 0 Å². The lowest BCUT2D eigenvalue weighted by atomic mass is 9.78. The van der Waals surface area contributed by atoms with E-state index in [0.29, 0.717) is 0 Å². The number of carboxylic acid groups (broad SMARTS) is 1. The highest BCUT2D eigenvalue weighted by Gasteiger charge is 2.26. The Morgan fingerprint density at radius 1 is 1.05 bits per heavy atom. The predicted molar refractivity (Wildman–Crippen MR) is 78.3 cm³/mol. The van der Waals surface area contributed by atoms with Gasteiger partial charge >= 0.3 is 6.16 Å². The molecule has 2 N–H and O–H groups in total. The first-order valence-corrected chi connectivity index (χ1v) is 6.65. The van der Waals surface area contributed by atoms with Gasteiger partial charge in [0.15, 0.2) is 0 Å². The van der Waals surface area contributed by atoms with E-state index in [4.69, 9.17) is 5.11 Å². The van der Waals surface area contributed by atoms with Crippen molar-refractivity contribution >= 4 is 6.16 Å². The van der Waals surface area contributed by atoms with Crippen LogP contribution >= 0.6 is 0 Å². The fourth-order valence-electron chi connectivity index (χ4n) is 2.07. The second-order valence-electron chi connectivity index (χ2n) is 7.09. The van der Waals surface area contributed by atoms with Gasteiger partial charge in [-0.05, 0) is 39.7 Å². The first-order valence-electron chi connectivity index (χ1n) is 6.65. The van der Waals surface area contributed by atoms with Gasteiger partial charge in [0.05, 0.1) is 0 Å². The summed E-state index contributed by atoms with van der Waals surface area (Å²) in [6.45, 7) is 12.0. The Labute approximate surface area is 120 Å². The lowest BCUT2D eigenvalue weighted by Gasteiger charge is -2.28. The highest BCUT2D eigenvalue weighted by atomic mass is 16.7. The quantitative estimate of drug-likeness (QED) is 0.797. The van der Waals surface area contributed by atoms with E-state index in [-0.39, 0.29) is 23.2 Å². The van der Waals surface area contributed by atoms with E-state index in [0.717, 1.165) is 16.7 Å². The number of phenols is 1. The number of benzene rings is 1. The molecule has 1 aromatic carbocycles. The van der Waals surface area contributed by atoms with Gasteiger partial charge in [-0.15, -0.1) is 0 Å². The van der Waals surface area contributed by atoms with Gasteiger partial charge in [0, 0.05) is 0 Å². The summed E-state index contributed by atoms with van der Waals surface area (Å²) in [6, 6.07) is 3.63. The molecule has 0 unspecified atom stereocenters. The monoisotopic (exact) mass is 280 g/mol. The molecule has 0 heterocycles. The van der Waals surface area contributed by atoms with Crippen LogP contribution < -0.4 is 0 Å². The summed E-state index contributed by atoms with van der Waals surface area (Å²) in [5.41, 5.74) is 1.88. The third kappa shape index (κ3) is 3.89. The van der Waals surface area contributed by atoms with E-state index >= 15 is 0 Å². The highest BCUT2D eigenvalue weighted by Crippen LogP contribution is 2.39. The number of carbonyl (C=O) groups is 1. The normalized spacial score (nSPS) is 12.3. The van der Waals surface area contributed by atoms with Crippen LogP contribution in [0.5, 0.6) is 5.75 Å². The molecule has 112 valence electrons. The molecular formula is C16H24O4. The van der Waals surface area contributed by atoms with Crippen molar-refractivity contribution in [2.24, 2.45) is 0 Å². The van der Waals surface area contributed by atoms with Gasteiger partial charge in [0.2, 0.25) is 0 Å². The molecule has 0 aliphatic rings. The second-order valence-corrected chi connectivity index (χ2v) is 7.09. The Balaban J connectivity index is 3.38. The van der Waals surface area contributed by atoms with Gasteiger partial charge in [-0.2, -0.15) is 0 Å². The Bertz CT molecular complexity index is 469. The first kappa shape index (κ1) is 16.3. The molecule has 0 bridgehead atoms. The molecule has 1 rings (SSSR count). The van der Waals surface area contributed by atoms with Crippen molar-refractivity contribution in [2.75, 3.05) is 0 Å². The molecule has 0 aliphatic heterocycles. The molecule has 0 saturated carbocycles. The standard InChI is InChI=1S/C16H24O4/c1-15(2,3)11-7-10(9-20-14(18)19)8-12(13(11)17)16(4,5)6/h7-8,17H,9H2,1-6H3,(H,18,19). The lowest BCUT2D eigenvalue weighted by Crippen LogP contribution is -2.18. The van der Waals surface area contributed by atoms with Crippen LogP contribution in [0.3, 0.4) is 0 Å². The molecule has 0 fully saturated rings. The molecule has 0 amide bonds. The molecule has 4 heteroatoms. The summed E-state index contributed by atoms with van der Waals surface area (Å²) in [5, 5.41) is 19.1. The molecular weight excluding hydrogens is 256 g/mol. The molecule has 0 aliphatic carbocycles. The topological polar surface area (TPSA) is 66.8 Å². The molecule has 0 radical (unpaired) electrons. The van der Waals surface area contributed by atoms with Crippen molar-refractivity contribution < 1.29 is 19.7 Å². The molecule has 1 aromatic rings. The summed E-state index contributed by atoms with van der Waals surface area (Å²) < 4.78 is 4.64. The number of aromatic hydroxyl groups is 1. The maximum atomic E-state index is 10.5. The van der Waals surface area contributed by atoms with E-state index < -0.39 is 6.16 Å². The van der Waals surface area contributed by atoms with Crippen molar-refractivity contribution in [3.63, 3.8) is 0 Å². The molecule has 0 spiro atoms. The van der Waals surface area contributed by atoms with Crippen molar-refractivity contribution in [3.05, 3.63) is 28.8 Å². The smallest absolute Gasteiger partial charge is 0.506 e. The van der Waals surface area contributed by atoms with Crippen LogP contribution in [-0.2, 0) is 22.2 Å². The van der Waals surface area contributed by atoms with E-state index in [2.05, 4.69) is 4.74 Å². The third-order valence-corrected chi connectivity index (χ3v) is 3.15. The van der Waals surface area contributed by atoms with Gasteiger partial charge in [-0.3, -0.25) is 0 Å². The van der Waals surface area contributed by atoms with Gasteiger partial charge in [-0.25, -0.2) is 4.79 Å². The third-order valence-electron chi connectivity index (χ3n) is 3.15. The highest BCUT2D eigenvalue weighted by molar-refractivity contribution is 5.57. The fraction of sp³-hybridized carbons (Fsp3) is 0.562. The van der Waals surface area contributed by atoms with E-state index in [9.17, 15) is 9.90 Å². The summed E-state index contributed by atoms with van der Waals surface area (Å²) in [4.78, 5) is 10.5. The molecule has 0 aromatic heterocycles. The largest absolute Gasteiger partial charge is 0.507 e. The zero-order valence-corrected chi connectivity index (χ0v) is 13.1. The molecule has 20 heavy (non-hydrogen) atoms. The Kier molecular flexibility index (Phi) is 4.37. The van der Waals surface area contributed by atoms with Crippen LogP contribution in [0.15, 0.2) is 12.1 Å². The maximum Gasteiger partial charge on any atom is 0.506 e. The van der Waals surface area contributed by atoms with Gasteiger partial charge in [-0.1, -0.05) is 41.5 Å². The zero-order valence-electron chi connectivity index (χ0n) is 13.1. The first-order chi connectivity index (χ1) is 8.93. The number of ether oxygens (including phenoxy) is 1. The SMILES string of the molecule is CC(C)(C)c1cc(COC(=O)O)cc(C(C)(C)C)c1O. The van der Waals surface area contributed by atoms with E-state index in [1.807, 2.05) is 53.7 Å². The Hall–Kier alpha value is -1.71.